The second kappa shape index (κ2) is 32.3. The van der Waals surface area contributed by atoms with Gasteiger partial charge in [-0.1, -0.05) is 122 Å². The molecule has 6 N–H and O–H groups in total. The van der Waals surface area contributed by atoms with E-state index in [-0.39, 0.29) is 12.8 Å². The van der Waals surface area contributed by atoms with E-state index < -0.39 is 75.7 Å². The number of unbranched alkanes of at least 4 members (excludes halogenated alkanes) is 18. The summed E-state index contributed by atoms with van der Waals surface area (Å²) in [6, 6.07) is 0. The fraction of sp³-hybridized carbons (Fsp3) is 0.854. The molecule has 0 heterocycles. The van der Waals surface area contributed by atoms with Crippen LogP contribution in [0.3, 0.4) is 0 Å². The Morgan fingerprint density at radius 1 is 0.545 bits per heavy atom. The average molecular weight is 807 g/mol. The van der Waals surface area contributed by atoms with Crippen molar-refractivity contribution >= 4 is 19.8 Å². The molecule has 8 atom stereocenters. The van der Waals surface area contributed by atoms with Gasteiger partial charge in [-0.3, -0.25) is 18.6 Å². The van der Waals surface area contributed by atoms with Crippen LogP contribution in [-0.4, -0.2) is 98.3 Å². The van der Waals surface area contributed by atoms with Gasteiger partial charge in [0.25, 0.3) is 0 Å². The monoisotopic (exact) mass is 806 g/mol. The smallest absolute Gasteiger partial charge is 0.462 e. The van der Waals surface area contributed by atoms with Crippen molar-refractivity contribution in [1.82, 2.24) is 0 Å². The fourth-order valence-electron chi connectivity index (χ4n) is 6.26. The van der Waals surface area contributed by atoms with Gasteiger partial charge in [-0.2, -0.15) is 0 Å². The molecule has 13 nitrogen and oxygen atoms in total. The molecule has 0 aliphatic heterocycles. The average Bonchev–Trinajstić information content (AvgIpc) is 3.16. The van der Waals surface area contributed by atoms with Crippen LogP contribution in [-0.2, 0) is 32.7 Å². The summed E-state index contributed by atoms with van der Waals surface area (Å²) in [4.78, 5) is 35.5. The molecule has 0 amide bonds. The Kier molecular flexibility index (Phi) is 30.2. The molecule has 0 aromatic rings. The van der Waals surface area contributed by atoms with Crippen molar-refractivity contribution in [2.75, 3.05) is 13.2 Å². The molecule has 1 aliphatic carbocycles. The number of carbonyl (C=O) groups excluding carboxylic acids is 2. The predicted octanol–water partition coefficient (Wildman–Crippen LogP) is 7.28. The molecule has 14 heteroatoms. The second-order valence-corrected chi connectivity index (χ2v) is 16.2. The number of phosphoric ester groups is 1. The van der Waals surface area contributed by atoms with Gasteiger partial charge in [0.05, 0.1) is 6.61 Å². The van der Waals surface area contributed by atoms with Crippen LogP contribution in [0.15, 0.2) is 24.3 Å². The van der Waals surface area contributed by atoms with E-state index >= 15 is 0 Å². The van der Waals surface area contributed by atoms with E-state index in [1.165, 1.54) is 70.6 Å². The first-order valence-electron chi connectivity index (χ1n) is 21.1. The molecule has 0 spiro atoms. The van der Waals surface area contributed by atoms with E-state index in [2.05, 4.69) is 38.2 Å². The third kappa shape index (κ3) is 25.3. The molecular formula is C41H75O13P. The Labute approximate surface area is 330 Å². The molecule has 1 saturated carbocycles. The minimum absolute atomic E-state index is 0.0832. The maximum Gasteiger partial charge on any atom is 0.472 e. The lowest BCUT2D eigenvalue weighted by Gasteiger charge is -2.41. The summed E-state index contributed by atoms with van der Waals surface area (Å²) in [5.74, 6) is -1.14. The number of rotatable bonds is 34. The van der Waals surface area contributed by atoms with Gasteiger partial charge in [0.15, 0.2) is 6.10 Å². The van der Waals surface area contributed by atoms with Crippen LogP contribution in [0.5, 0.6) is 0 Å². The zero-order valence-electron chi connectivity index (χ0n) is 33.7. The van der Waals surface area contributed by atoms with Crippen molar-refractivity contribution in [3.63, 3.8) is 0 Å². The largest absolute Gasteiger partial charge is 0.472 e. The third-order valence-electron chi connectivity index (χ3n) is 9.77. The van der Waals surface area contributed by atoms with Crippen molar-refractivity contribution in [2.45, 2.75) is 211 Å². The van der Waals surface area contributed by atoms with Gasteiger partial charge in [-0.05, 0) is 57.8 Å². The number of esters is 2. The minimum atomic E-state index is -5.11. The van der Waals surface area contributed by atoms with Gasteiger partial charge >= 0.3 is 19.8 Å². The second-order valence-electron chi connectivity index (χ2n) is 14.8. The summed E-state index contributed by atoms with van der Waals surface area (Å²) in [6.45, 7) is 3.21. The summed E-state index contributed by atoms with van der Waals surface area (Å²) in [6.07, 6.45) is 19.7. The Morgan fingerprint density at radius 3 is 1.47 bits per heavy atom. The van der Waals surface area contributed by atoms with Crippen molar-refractivity contribution in [3.05, 3.63) is 24.3 Å². The van der Waals surface area contributed by atoms with Gasteiger partial charge < -0.3 is 39.9 Å². The number of hydrogen-bond donors (Lipinski definition) is 6. The number of phosphoric acid groups is 1. The third-order valence-corrected chi connectivity index (χ3v) is 10.8. The van der Waals surface area contributed by atoms with Crippen LogP contribution in [0.1, 0.15) is 168 Å². The number of aliphatic hydroxyl groups is 5. The molecule has 1 rings (SSSR count). The van der Waals surface area contributed by atoms with Crippen LogP contribution in [0.25, 0.3) is 0 Å². The highest BCUT2D eigenvalue weighted by atomic mass is 31.2. The number of carbonyl (C=O) groups is 2. The Hall–Kier alpha value is -1.67. The molecule has 1 fully saturated rings. The summed E-state index contributed by atoms with van der Waals surface area (Å²) >= 11 is 0. The van der Waals surface area contributed by atoms with Gasteiger partial charge in [-0.25, -0.2) is 4.57 Å². The summed E-state index contributed by atoms with van der Waals surface area (Å²) in [5.41, 5.74) is 0. The lowest BCUT2D eigenvalue weighted by molar-refractivity contribution is -0.220. The van der Waals surface area contributed by atoms with Crippen LogP contribution in [0, 0.1) is 0 Å². The zero-order chi connectivity index (χ0) is 40.7. The SMILES string of the molecule is CCCC/C=C/CCCCCCCC(=O)O[C@H](COC(=O)CCCC/C=C/CCCCCCCCCCC)COP(=O)(O)OC1C(O)C(O)C(O)[C@@H](O)C1O. The van der Waals surface area contributed by atoms with Gasteiger partial charge in [0.1, 0.15) is 43.2 Å². The fourth-order valence-corrected chi connectivity index (χ4v) is 7.23. The number of aliphatic hydroxyl groups excluding tert-OH is 5. The normalized spacial score (nSPS) is 23.3. The van der Waals surface area contributed by atoms with E-state index in [1.807, 2.05) is 0 Å². The van der Waals surface area contributed by atoms with Crippen LogP contribution >= 0.6 is 7.82 Å². The Balaban J connectivity index is 2.51. The molecular weight excluding hydrogens is 731 g/mol. The molecule has 1 aliphatic rings. The van der Waals surface area contributed by atoms with Crippen LogP contribution < -0.4 is 0 Å². The van der Waals surface area contributed by atoms with E-state index in [9.17, 15) is 44.6 Å². The van der Waals surface area contributed by atoms with Gasteiger partial charge in [-0.15, -0.1) is 0 Å². The minimum Gasteiger partial charge on any atom is -0.462 e. The first kappa shape index (κ1) is 51.3. The van der Waals surface area contributed by atoms with Gasteiger partial charge in [0, 0.05) is 12.8 Å². The molecule has 6 unspecified atom stereocenters. The number of allylic oxidation sites excluding steroid dienone is 4. The summed E-state index contributed by atoms with van der Waals surface area (Å²) < 4.78 is 33.4. The molecule has 0 aromatic heterocycles. The van der Waals surface area contributed by atoms with Crippen molar-refractivity contribution < 1.29 is 63.1 Å². The van der Waals surface area contributed by atoms with E-state index in [1.54, 1.807) is 0 Å². The number of ether oxygens (including phenoxy) is 2. The van der Waals surface area contributed by atoms with Crippen LogP contribution in [0.2, 0.25) is 0 Å². The Bertz CT molecular complexity index is 1070. The summed E-state index contributed by atoms with van der Waals surface area (Å²) in [7, 11) is -5.11. The van der Waals surface area contributed by atoms with E-state index in [0.29, 0.717) is 12.8 Å². The Morgan fingerprint density at radius 2 is 0.945 bits per heavy atom. The maximum absolute atomic E-state index is 12.8. The predicted molar refractivity (Wildman–Crippen MR) is 212 cm³/mol. The van der Waals surface area contributed by atoms with Gasteiger partial charge in [0.2, 0.25) is 0 Å². The molecule has 0 aromatic carbocycles. The standard InChI is InChI=1S/C41H75O13P/c1-3-5-7-9-11-13-15-16-17-18-20-21-23-25-27-29-34(42)51-31-33(53-35(43)30-28-26-24-22-19-14-12-10-8-6-4-2)32-52-55(49,50)54-41-39(47)37(45)36(44)38(46)40(41)48/h10,12,20-21,33,36-41,44-48H,3-9,11,13-19,22-32H2,1-2H3,(H,49,50)/b12-10+,21-20+/t33-,36?,37-,38?,39?,40?,41?/m1/s1. The lowest BCUT2D eigenvalue weighted by atomic mass is 9.85. The topological polar surface area (TPSA) is 210 Å². The molecule has 0 saturated heterocycles. The number of hydrogen-bond acceptors (Lipinski definition) is 12. The molecule has 55 heavy (non-hydrogen) atoms. The van der Waals surface area contributed by atoms with Crippen molar-refractivity contribution in [1.29, 1.82) is 0 Å². The summed E-state index contributed by atoms with van der Waals surface area (Å²) in [5, 5.41) is 50.0. The first-order chi connectivity index (χ1) is 26.4. The van der Waals surface area contributed by atoms with E-state index in [4.69, 9.17) is 18.5 Å². The van der Waals surface area contributed by atoms with Crippen molar-refractivity contribution in [3.8, 4) is 0 Å². The van der Waals surface area contributed by atoms with Crippen LogP contribution in [0.4, 0.5) is 0 Å². The lowest BCUT2D eigenvalue weighted by Crippen LogP contribution is -2.64. The highest BCUT2D eigenvalue weighted by Crippen LogP contribution is 2.47. The quantitative estimate of drug-likeness (QED) is 0.0164. The van der Waals surface area contributed by atoms with E-state index in [0.717, 1.165) is 57.8 Å². The molecule has 0 bridgehead atoms. The highest BCUT2D eigenvalue weighted by molar-refractivity contribution is 7.47. The maximum atomic E-state index is 12.8. The zero-order valence-corrected chi connectivity index (χ0v) is 34.6. The molecule has 322 valence electrons. The highest BCUT2D eigenvalue weighted by Gasteiger charge is 2.51. The van der Waals surface area contributed by atoms with Crippen molar-refractivity contribution in [2.24, 2.45) is 0 Å². The molecule has 0 radical (unpaired) electrons. The first-order valence-corrected chi connectivity index (χ1v) is 22.6.